The first kappa shape index (κ1) is 23.7. The molecular weight excluding hydrogens is 420 g/mol. The van der Waals surface area contributed by atoms with Crippen molar-refractivity contribution >= 4 is 21.6 Å². The predicted octanol–water partition coefficient (Wildman–Crippen LogP) is 4.92. The topological polar surface area (TPSA) is 66.5 Å². The number of para-hydroxylation sites is 1. The summed E-state index contributed by atoms with van der Waals surface area (Å²) < 4.78 is 28.2. The maximum absolute atomic E-state index is 13.2. The molecule has 0 aliphatic carbocycles. The Morgan fingerprint density at radius 2 is 1.47 bits per heavy atom. The van der Waals surface area contributed by atoms with Crippen molar-refractivity contribution in [3.8, 4) is 0 Å². The van der Waals surface area contributed by atoms with Crippen molar-refractivity contribution in [1.29, 1.82) is 0 Å². The second-order valence-electron chi connectivity index (χ2n) is 8.83. The van der Waals surface area contributed by atoms with Crippen LogP contribution in [-0.4, -0.2) is 27.4 Å². The van der Waals surface area contributed by atoms with E-state index in [2.05, 4.69) is 25.5 Å². The number of carbonyl (C=O) groups is 1. The molecule has 3 aromatic rings. The first-order valence-electron chi connectivity index (χ1n) is 10.6. The van der Waals surface area contributed by atoms with Gasteiger partial charge in [0, 0.05) is 24.3 Å². The van der Waals surface area contributed by atoms with Crippen LogP contribution in [0.15, 0.2) is 83.8 Å². The van der Waals surface area contributed by atoms with Crippen molar-refractivity contribution in [2.24, 2.45) is 0 Å². The van der Waals surface area contributed by atoms with Crippen molar-refractivity contribution in [3.63, 3.8) is 0 Å². The number of anilines is 1. The number of hydrogen-bond acceptors (Lipinski definition) is 3. The van der Waals surface area contributed by atoms with E-state index in [4.69, 9.17) is 0 Å². The van der Waals surface area contributed by atoms with Crippen LogP contribution in [0.1, 0.15) is 42.3 Å². The van der Waals surface area contributed by atoms with Crippen LogP contribution < -0.4 is 9.62 Å². The third kappa shape index (κ3) is 5.84. The molecular formula is C26H30N2O3S. The third-order valence-electron chi connectivity index (χ3n) is 5.27. The zero-order valence-corrected chi connectivity index (χ0v) is 19.8. The van der Waals surface area contributed by atoms with Gasteiger partial charge in [-0.1, -0.05) is 68.8 Å². The molecule has 168 valence electrons. The lowest BCUT2D eigenvalue weighted by molar-refractivity contribution is 0.0987. The fourth-order valence-corrected chi connectivity index (χ4v) is 4.34. The summed E-state index contributed by atoms with van der Waals surface area (Å²) in [6.07, 6.45) is 0. The number of nitrogens with zero attached hydrogens (tertiary/aromatic N) is 1. The van der Waals surface area contributed by atoms with Crippen LogP contribution in [0.5, 0.6) is 0 Å². The minimum atomic E-state index is -3.68. The van der Waals surface area contributed by atoms with Crippen LogP contribution in [-0.2, 0) is 15.4 Å². The number of rotatable bonds is 7. The van der Waals surface area contributed by atoms with Gasteiger partial charge >= 0.3 is 0 Å². The van der Waals surface area contributed by atoms with Crippen LogP contribution >= 0.6 is 0 Å². The van der Waals surface area contributed by atoms with Gasteiger partial charge in [0.25, 0.3) is 5.91 Å². The van der Waals surface area contributed by atoms with E-state index >= 15 is 0 Å². The van der Waals surface area contributed by atoms with Gasteiger partial charge in [-0.2, -0.15) is 0 Å². The van der Waals surface area contributed by atoms with Gasteiger partial charge in [-0.3, -0.25) is 4.79 Å². The number of amides is 1. The molecule has 0 aromatic heterocycles. The predicted molar refractivity (Wildman–Crippen MR) is 130 cm³/mol. The Hall–Kier alpha value is -2.96. The van der Waals surface area contributed by atoms with Gasteiger partial charge in [-0.15, -0.1) is 0 Å². The van der Waals surface area contributed by atoms with E-state index in [1.165, 1.54) is 0 Å². The number of hydrogen-bond donors (Lipinski definition) is 1. The molecule has 0 aliphatic rings. The zero-order valence-electron chi connectivity index (χ0n) is 19.0. The van der Waals surface area contributed by atoms with Gasteiger partial charge in [0.05, 0.1) is 4.90 Å². The maximum Gasteiger partial charge on any atom is 0.258 e. The Kier molecular flexibility index (Phi) is 7.16. The van der Waals surface area contributed by atoms with Crippen LogP contribution in [0.25, 0.3) is 0 Å². The molecule has 3 aromatic carbocycles. The van der Waals surface area contributed by atoms with Gasteiger partial charge in [-0.05, 0) is 54.3 Å². The molecule has 5 nitrogen and oxygen atoms in total. The Morgan fingerprint density at radius 1 is 0.875 bits per heavy atom. The fraction of sp³-hybridized carbons (Fsp3) is 0.269. The molecule has 1 N–H and O–H groups in total. The first-order chi connectivity index (χ1) is 15.1. The van der Waals surface area contributed by atoms with Gasteiger partial charge in [0.2, 0.25) is 10.0 Å². The fourth-order valence-electron chi connectivity index (χ4n) is 3.32. The smallest absolute Gasteiger partial charge is 0.258 e. The highest BCUT2D eigenvalue weighted by molar-refractivity contribution is 7.89. The molecule has 6 heteroatoms. The molecule has 0 bridgehead atoms. The number of benzene rings is 3. The highest BCUT2D eigenvalue weighted by atomic mass is 32.2. The summed E-state index contributed by atoms with van der Waals surface area (Å²) in [7, 11) is -3.68. The van der Waals surface area contributed by atoms with Crippen molar-refractivity contribution in [2.75, 3.05) is 18.0 Å². The molecule has 0 saturated carbocycles. The summed E-state index contributed by atoms with van der Waals surface area (Å²) >= 11 is 0. The Bertz CT molecular complexity index is 1150. The van der Waals surface area contributed by atoms with Crippen molar-refractivity contribution in [2.45, 2.75) is 38.0 Å². The van der Waals surface area contributed by atoms with E-state index in [0.29, 0.717) is 11.3 Å². The van der Waals surface area contributed by atoms with Gasteiger partial charge < -0.3 is 4.90 Å². The molecule has 0 heterocycles. The molecule has 0 fully saturated rings. The number of carbonyl (C=O) groups excluding carboxylic acids is 1. The van der Waals surface area contributed by atoms with Gasteiger partial charge in [0.15, 0.2) is 0 Å². The average molecular weight is 451 g/mol. The van der Waals surface area contributed by atoms with Gasteiger partial charge in [-0.25, -0.2) is 13.1 Å². The van der Waals surface area contributed by atoms with Crippen LogP contribution in [0.4, 0.5) is 5.69 Å². The Morgan fingerprint density at radius 3 is 2.03 bits per heavy atom. The minimum Gasteiger partial charge on any atom is -0.307 e. The van der Waals surface area contributed by atoms with Crippen LogP contribution in [0.2, 0.25) is 0 Å². The normalized spacial score (nSPS) is 11.9. The largest absolute Gasteiger partial charge is 0.307 e. The van der Waals surface area contributed by atoms with E-state index < -0.39 is 10.0 Å². The lowest BCUT2D eigenvalue weighted by Gasteiger charge is -2.23. The molecule has 0 spiro atoms. The summed E-state index contributed by atoms with van der Waals surface area (Å²) in [6.45, 7) is 8.51. The summed E-state index contributed by atoms with van der Waals surface area (Å²) in [5.41, 5.74) is 3.35. The zero-order chi connectivity index (χ0) is 23.4. The van der Waals surface area contributed by atoms with E-state index in [1.54, 1.807) is 29.2 Å². The minimum absolute atomic E-state index is 0.0533. The third-order valence-corrected chi connectivity index (χ3v) is 6.75. The first-order valence-corrected chi connectivity index (χ1v) is 12.1. The summed E-state index contributed by atoms with van der Waals surface area (Å²) in [5.74, 6) is -0.176. The summed E-state index contributed by atoms with van der Waals surface area (Å²) in [6, 6.07) is 23.5. The molecule has 32 heavy (non-hydrogen) atoms. The highest BCUT2D eigenvalue weighted by Crippen LogP contribution is 2.23. The number of sulfonamides is 1. The van der Waals surface area contributed by atoms with E-state index in [9.17, 15) is 13.2 Å². The van der Waals surface area contributed by atoms with E-state index in [0.717, 1.165) is 11.1 Å². The quantitative estimate of drug-likeness (QED) is 0.556. The van der Waals surface area contributed by atoms with Crippen molar-refractivity contribution in [1.82, 2.24) is 4.72 Å². The Labute approximate surface area is 191 Å². The van der Waals surface area contributed by atoms with Gasteiger partial charge in [0.1, 0.15) is 0 Å². The Balaban J connectivity index is 1.74. The van der Waals surface area contributed by atoms with Crippen LogP contribution in [0, 0.1) is 6.92 Å². The molecule has 0 radical (unpaired) electrons. The molecule has 0 unspecified atom stereocenters. The number of aryl methyl sites for hydroxylation is 1. The standard InChI is InChI=1S/C26H30N2O3S/c1-20-10-12-21(13-11-20)25(29)28(23-8-6-5-7-9-23)19-18-27-32(30,31)24-16-14-22(15-17-24)26(2,3)4/h5-17,27H,18-19H2,1-4H3. The molecule has 0 atom stereocenters. The monoisotopic (exact) mass is 450 g/mol. The SMILES string of the molecule is Cc1ccc(C(=O)N(CCNS(=O)(=O)c2ccc(C(C)(C)C)cc2)c2ccccc2)cc1. The van der Waals surface area contributed by atoms with Crippen molar-refractivity contribution in [3.05, 3.63) is 95.6 Å². The second kappa shape index (κ2) is 9.67. The van der Waals surface area contributed by atoms with Crippen LogP contribution in [0.3, 0.4) is 0 Å². The summed E-state index contributed by atoms with van der Waals surface area (Å²) in [5, 5.41) is 0. The lowest BCUT2D eigenvalue weighted by Crippen LogP contribution is -2.38. The molecule has 1 amide bonds. The van der Waals surface area contributed by atoms with Crippen molar-refractivity contribution < 1.29 is 13.2 Å². The molecule has 0 saturated heterocycles. The second-order valence-corrected chi connectivity index (χ2v) is 10.6. The van der Waals surface area contributed by atoms with E-state index in [1.807, 2.05) is 61.5 Å². The average Bonchev–Trinajstić information content (AvgIpc) is 2.77. The molecule has 3 rings (SSSR count). The molecule has 0 aliphatic heterocycles. The summed E-state index contributed by atoms with van der Waals surface area (Å²) in [4.78, 5) is 15.0. The highest BCUT2D eigenvalue weighted by Gasteiger charge is 2.20. The lowest BCUT2D eigenvalue weighted by atomic mass is 9.87. The number of nitrogens with one attached hydrogen (secondary N) is 1. The van der Waals surface area contributed by atoms with E-state index in [-0.39, 0.29) is 29.3 Å². The maximum atomic E-state index is 13.2.